The molecule has 0 saturated carbocycles. The van der Waals surface area contributed by atoms with Crippen LogP contribution < -0.4 is 0 Å². The van der Waals surface area contributed by atoms with Crippen LogP contribution in [0.2, 0.25) is 0 Å². The van der Waals surface area contributed by atoms with Gasteiger partial charge in [0, 0.05) is 0 Å². The number of hydrogen-bond acceptors (Lipinski definition) is 1. The van der Waals surface area contributed by atoms with E-state index < -0.39 is 0 Å². The van der Waals surface area contributed by atoms with Crippen LogP contribution in [0.4, 0.5) is 0 Å². The first-order chi connectivity index (χ1) is 5.13. The molecule has 1 nitrogen and oxygen atoms in total. The quantitative estimate of drug-likeness (QED) is 0.668. The van der Waals surface area contributed by atoms with Crippen molar-refractivity contribution in [2.45, 2.75) is 45.2 Å². The summed E-state index contributed by atoms with van der Waals surface area (Å²) in [6, 6.07) is 1.42. The predicted octanol–water partition coefficient (Wildman–Crippen LogP) is 3.02. The predicted molar refractivity (Wildman–Crippen MR) is 58.2 cm³/mol. The van der Waals surface area contributed by atoms with Crippen molar-refractivity contribution in [3.8, 4) is 0 Å². The van der Waals surface area contributed by atoms with Crippen LogP contribution in [-0.4, -0.2) is 21.4 Å². The Kier molecular flexibility index (Phi) is 3.92. The van der Waals surface area contributed by atoms with Crippen LogP contribution in [0.25, 0.3) is 0 Å². The van der Waals surface area contributed by atoms with Gasteiger partial charge in [0.25, 0.3) is 0 Å². The van der Waals surface area contributed by atoms with Crippen LogP contribution in [-0.2, 0) is 0 Å². The maximum Gasteiger partial charge on any atom is 0.379 e. The Morgan fingerprint density at radius 2 is 1.64 bits per heavy atom. The lowest BCUT2D eigenvalue weighted by Gasteiger charge is -2.39. The lowest BCUT2D eigenvalue weighted by molar-refractivity contribution is 0.209. The summed E-state index contributed by atoms with van der Waals surface area (Å²) in [6.07, 6.45) is 4.04. The molecule has 1 aliphatic rings. The molecule has 1 rings (SSSR count). The third kappa shape index (κ3) is 2.46. The van der Waals surface area contributed by atoms with E-state index in [0.717, 1.165) is 0 Å². The third-order valence-electron chi connectivity index (χ3n) is 2.49. The van der Waals surface area contributed by atoms with Crippen molar-refractivity contribution in [3.63, 3.8) is 0 Å². The summed E-state index contributed by atoms with van der Waals surface area (Å²) in [6.45, 7) is 4.59. The third-order valence-corrected chi connectivity index (χ3v) is 3.43. The van der Waals surface area contributed by atoms with Gasteiger partial charge in [0.15, 0.2) is 0 Å². The molecule has 1 saturated heterocycles. The molecule has 0 aromatic heterocycles. The molecule has 0 N–H and O–H groups in total. The maximum atomic E-state index is 3.56. The Bertz CT molecular complexity index is 122. The van der Waals surface area contributed by atoms with Gasteiger partial charge < -0.3 is 4.81 Å². The molecule has 4 heteroatoms. The molecule has 0 radical (unpaired) electrons. The lowest BCUT2D eigenvalue weighted by Crippen LogP contribution is -2.47. The van der Waals surface area contributed by atoms with Gasteiger partial charge >= 0.3 is 4.50 Å². The van der Waals surface area contributed by atoms with Gasteiger partial charge in [0.1, 0.15) is 0 Å². The summed E-state index contributed by atoms with van der Waals surface area (Å²) in [7, 11) is 0. The minimum Gasteiger partial charge on any atom is -0.318 e. The number of piperidine rings is 1. The molecule has 1 fully saturated rings. The Hall–Kier alpha value is 0.985. The van der Waals surface area contributed by atoms with Crippen LogP contribution in [0.1, 0.15) is 33.1 Å². The van der Waals surface area contributed by atoms with E-state index in [1.165, 1.54) is 19.3 Å². The number of hydrogen-bond donors (Lipinski definition) is 0. The van der Waals surface area contributed by atoms with Crippen molar-refractivity contribution < 1.29 is 0 Å². The van der Waals surface area contributed by atoms with Crippen LogP contribution >= 0.6 is 31.5 Å². The normalized spacial score (nSPS) is 33.8. The van der Waals surface area contributed by atoms with E-state index in [2.05, 4.69) is 50.2 Å². The molecule has 0 amide bonds. The maximum absolute atomic E-state index is 3.56. The van der Waals surface area contributed by atoms with Gasteiger partial charge in [-0.1, -0.05) is 20.3 Å². The summed E-state index contributed by atoms with van der Waals surface area (Å²) in [4.78, 5) is 2.48. The second-order valence-corrected chi connectivity index (χ2v) is 6.32. The highest BCUT2D eigenvalue weighted by atomic mass is 79.9. The van der Waals surface area contributed by atoms with Gasteiger partial charge in [-0.15, -0.1) is 31.5 Å². The van der Waals surface area contributed by atoms with Gasteiger partial charge in [-0.3, -0.25) is 0 Å². The molecular formula is C7H14BBr2N. The SMILES string of the molecule is CC1CCCC(C)N1B(Br)Br. The second-order valence-electron chi connectivity index (χ2n) is 3.35. The Labute approximate surface area is 85.9 Å². The average molecular weight is 283 g/mol. The average Bonchev–Trinajstić information content (AvgIpc) is 1.85. The van der Waals surface area contributed by atoms with E-state index in [1.54, 1.807) is 0 Å². The summed E-state index contributed by atoms with van der Waals surface area (Å²) < 4.78 is 0.347. The van der Waals surface area contributed by atoms with Crippen molar-refractivity contribution >= 4 is 36.0 Å². The number of nitrogens with zero attached hydrogens (tertiary/aromatic N) is 1. The first kappa shape index (κ1) is 10.1. The lowest BCUT2D eigenvalue weighted by atomic mass is 9.94. The van der Waals surface area contributed by atoms with Crippen molar-refractivity contribution in [1.82, 2.24) is 4.81 Å². The minimum absolute atomic E-state index is 0.347. The first-order valence-electron chi connectivity index (χ1n) is 4.18. The van der Waals surface area contributed by atoms with Crippen molar-refractivity contribution in [2.75, 3.05) is 0 Å². The van der Waals surface area contributed by atoms with E-state index in [-0.39, 0.29) is 0 Å². The highest BCUT2D eigenvalue weighted by Gasteiger charge is 2.30. The van der Waals surface area contributed by atoms with E-state index in [0.29, 0.717) is 16.6 Å². The minimum atomic E-state index is 0.347. The van der Waals surface area contributed by atoms with Crippen LogP contribution in [0.3, 0.4) is 0 Å². The molecule has 2 unspecified atom stereocenters. The van der Waals surface area contributed by atoms with Crippen LogP contribution in [0, 0.1) is 0 Å². The zero-order valence-electron chi connectivity index (χ0n) is 7.06. The number of halogens is 2. The molecule has 11 heavy (non-hydrogen) atoms. The van der Waals surface area contributed by atoms with Gasteiger partial charge in [-0.2, -0.15) is 0 Å². The fourth-order valence-corrected chi connectivity index (χ4v) is 3.44. The Morgan fingerprint density at radius 3 is 1.91 bits per heavy atom. The number of rotatable bonds is 1. The Morgan fingerprint density at radius 1 is 1.18 bits per heavy atom. The van der Waals surface area contributed by atoms with Crippen molar-refractivity contribution in [1.29, 1.82) is 0 Å². The second kappa shape index (κ2) is 4.29. The molecular weight excluding hydrogens is 269 g/mol. The molecule has 0 aliphatic carbocycles. The zero-order chi connectivity index (χ0) is 8.43. The molecule has 0 spiro atoms. The van der Waals surface area contributed by atoms with E-state index >= 15 is 0 Å². The molecule has 2 atom stereocenters. The van der Waals surface area contributed by atoms with Gasteiger partial charge in [-0.05, 0) is 24.9 Å². The highest BCUT2D eigenvalue weighted by molar-refractivity contribution is 9.48. The van der Waals surface area contributed by atoms with E-state index in [1.807, 2.05) is 0 Å². The molecule has 1 heterocycles. The topological polar surface area (TPSA) is 3.24 Å². The Balaban J connectivity index is 2.55. The van der Waals surface area contributed by atoms with Crippen LogP contribution in [0.5, 0.6) is 0 Å². The van der Waals surface area contributed by atoms with Gasteiger partial charge in [0.2, 0.25) is 0 Å². The summed E-state index contributed by atoms with van der Waals surface area (Å²) in [5, 5.41) is 0. The van der Waals surface area contributed by atoms with Gasteiger partial charge in [-0.25, -0.2) is 0 Å². The van der Waals surface area contributed by atoms with Gasteiger partial charge in [0.05, 0.1) is 0 Å². The molecule has 0 aromatic carbocycles. The molecule has 0 bridgehead atoms. The standard InChI is InChI=1S/C7H14BBr2N/c1-6-4-3-5-7(2)11(6)8(9)10/h6-7H,3-5H2,1-2H3. The van der Waals surface area contributed by atoms with Crippen LogP contribution in [0.15, 0.2) is 0 Å². The fourth-order valence-electron chi connectivity index (χ4n) is 1.83. The largest absolute Gasteiger partial charge is 0.379 e. The first-order valence-corrected chi connectivity index (χ1v) is 6.01. The summed E-state index contributed by atoms with van der Waals surface area (Å²) in [5.41, 5.74) is 0. The highest BCUT2D eigenvalue weighted by Crippen LogP contribution is 2.27. The van der Waals surface area contributed by atoms with Crippen molar-refractivity contribution in [2.24, 2.45) is 0 Å². The summed E-state index contributed by atoms with van der Waals surface area (Å²) in [5.74, 6) is 0. The monoisotopic (exact) mass is 281 g/mol. The smallest absolute Gasteiger partial charge is 0.318 e. The molecule has 0 aromatic rings. The zero-order valence-corrected chi connectivity index (χ0v) is 10.2. The van der Waals surface area contributed by atoms with E-state index in [4.69, 9.17) is 0 Å². The molecule has 1 aliphatic heterocycles. The summed E-state index contributed by atoms with van der Waals surface area (Å²) >= 11 is 7.12. The van der Waals surface area contributed by atoms with E-state index in [9.17, 15) is 0 Å². The van der Waals surface area contributed by atoms with Crippen molar-refractivity contribution in [3.05, 3.63) is 0 Å². The fraction of sp³-hybridized carbons (Fsp3) is 1.00. The molecule has 64 valence electrons.